The summed E-state index contributed by atoms with van der Waals surface area (Å²) in [6, 6.07) is 8.53. The number of piperidine rings is 1. The maximum absolute atomic E-state index is 14.3. The molecule has 2 aromatic heterocycles. The lowest BCUT2D eigenvalue weighted by Crippen LogP contribution is -2.38. The van der Waals surface area contributed by atoms with E-state index in [0.717, 1.165) is 37.7 Å². The zero-order valence-electron chi connectivity index (χ0n) is 21.8. The first-order valence-electron chi connectivity index (χ1n) is 12.7. The molecule has 0 bridgehead atoms. The summed E-state index contributed by atoms with van der Waals surface area (Å²) in [5.74, 6) is -3.54. The van der Waals surface area contributed by atoms with Crippen LogP contribution in [0.1, 0.15) is 36.6 Å². The largest absolute Gasteiger partial charge is 0.481 e. The first-order valence-corrected chi connectivity index (χ1v) is 12.7. The maximum Gasteiger partial charge on any atom is 0.434 e. The van der Waals surface area contributed by atoms with Crippen LogP contribution in [0, 0.1) is 17.6 Å². The minimum atomic E-state index is -5.00. The van der Waals surface area contributed by atoms with Gasteiger partial charge in [-0.15, -0.1) is 12.4 Å². The molecule has 1 fully saturated rings. The lowest BCUT2D eigenvalue weighted by Gasteiger charge is -2.33. The molecule has 9 nitrogen and oxygen atoms in total. The molecule has 0 radical (unpaired) electrons. The third kappa shape index (κ3) is 6.77. The molecule has 2 aromatic carbocycles. The lowest BCUT2D eigenvalue weighted by molar-refractivity contribution is -0.142. The van der Waals surface area contributed by atoms with Crippen LogP contribution in [0.4, 0.5) is 22.0 Å². The Hall–Kier alpha value is -3.88. The second-order valence-corrected chi connectivity index (χ2v) is 9.84. The summed E-state index contributed by atoms with van der Waals surface area (Å²) in [6.07, 6.45) is -3.28. The average molecular weight is 614 g/mol. The molecule has 4 aromatic rings. The van der Waals surface area contributed by atoms with Gasteiger partial charge in [0.05, 0.1) is 17.9 Å². The Balaban J connectivity index is 0.00000405. The monoisotopic (exact) mass is 613 g/mol. The maximum atomic E-state index is 14.3. The highest BCUT2D eigenvalue weighted by atomic mass is 35.5. The Morgan fingerprint density at radius 1 is 1.14 bits per heavy atom. The number of aliphatic hydroxyl groups excluding tert-OH is 1. The minimum absolute atomic E-state index is 0. The summed E-state index contributed by atoms with van der Waals surface area (Å²) in [7, 11) is 0. The topological polar surface area (TPSA) is 118 Å². The summed E-state index contributed by atoms with van der Waals surface area (Å²) in [6.45, 7) is 1.65. The summed E-state index contributed by atoms with van der Waals surface area (Å²) < 4.78 is 75.0. The number of aliphatic carboxylic acids is 1. The molecule has 0 aliphatic carbocycles. The number of carboxylic acid groups (broad SMARTS) is 1. The summed E-state index contributed by atoms with van der Waals surface area (Å²) in [4.78, 5) is 17.1. The number of carboxylic acids is 1. The van der Waals surface area contributed by atoms with Crippen molar-refractivity contribution >= 4 is 18.4 Å². The number of halogens is 6. The van der Waals surface area contributed by atoms with Gasteiger partial charge in [0.2, 0.25) is 5.82 Å². The molecular weight excluding hydrogens is 589 g/mol. The van der Waals surface area contributed by atoms with Gasteiger partial charge in [-0.3, -0.25) is 4.79 Å². The molecule has 42 heavy (non-hydrogen) atoms. The van der Waals surface area contributed by atoms with Gasteiger partial charge in [-0.05, 0) is 43.0 Å². The van der Waals surface area contributed by atoms with E-state index in [1.807, 2.05) is 4.90 Å². The van der Waals surface area contributed by atoms with Crippen molar-refractivity contribution in [3.8, 4) is 28.5 Å². The number of aliphatic hydroxyl groups is 1. The number of hydrogen-bond donors (Lipinski definition) is 2. The van der Waals surface area contributed by atoms with Crippen LogP contribution in [0.2, 0.25) is 0 Å². The summed E-state index contributed by atoms with van der Waals surface area (Å²) in [5, 5.41) is 27.2. The Kier molecular flexibility index (Phi) is 9.28. The van der Waals surface area contributed by atoms with Crippen LogP contribution < -0.4 is 0 Å². The number of benzene rings is 2. The van der Waals surface area contributed by atoms with Gasteiger partial charge in [-0.2, -0.15) is 23.3 Å². The van der Waals surface area contributed by atoms with E-state index in [1.54, 1.807) is 24.3 Å². The van der Waals surface area contributed by atoms with E-state index in [4.69, 9.17) is 9.63 Å². The number of likely N-dealkylation sites (tertiary alicyclic amines) is 1. The molecule has 1 aliphatic rings. The average Bonchev–Trinajstić information content (AvgIpc) is 3.56. The zero-order chi connectivity index (χ0) is 29.3. The number of rotatable bonds is 8. The fourth-order valence-corrected chi connectivity index (χ4v) is 5.00. The van der Waals surface area contributed by atoms with Crippen molar-refractivity contribution in [1.29, 1.82) is 0 Å². The molecule has 0 spiro atoms. The van der Waals surface area contributed by atoms with Crippen LogP contribution >= 0.6 is 12.4 Å². The van der Waals surface area contributed by atoms with Crippen molar-refractivity contribution < 1.29 is 41.5 Å². The molecule has 0 unspecified atom stereocenters. The highest BCUT2D eigenvalue weighted by Gasteiger charge is 2.41. The highest BCUT2D eigenvalue weighted by molar-refractivity contribution is 5.85. The van der Waals surface area contributed by atoms with Crippen molar-refractivity contribution in [2.45, 2.75) is 31.5 Å². The summed E-state index contributed by atoms with van der Waals surface area (Å²) in [5.41, 5.74) is -1.59. The van der Waals surface area contributed by atoms with Crippen molar-refractivity contribution in [3.05, 3.63) is 71.6 Å². The SMILES string of the molecule is Cl.O=C(O)C[C@H]1CCCN(C[C@@H](O)c2ccc(-c3noc(-c4cnn(-c5ccc(F)cc5F)c4C(F)(F)F)n3)cc2)C1. The standard InChI is InChI=1S/C27H24F5N5O4.ClH/c28-18-7-8-21(20(29)11-18)37-24(27(30,31)32)19(12-33-37)26-34-25(35-41-26)17-5-3-16(4-6-17)22(38)14-36-9-1-2-15(13-36)10-23(39)40;/h3-8,11-12,15,22,38H,1-2,9-10,13-14H2,(H,39,40);1H/t15-,22-;/m1./s1. The Bertz CT molecular complexity index is 1540. The molecule has 0 amide bonds. The Morgan fingerprint density at radius 2 is 1.88 bits per heavy atom. The molecule has 0 saturated carbocycles. The van der Waals surface area contributed by atoms with Crippen LogP contribution in [0.25, 0.3) is 28.5 Å². The van der Waals surface area contributed by atoms with E-state index in [-0.39, 0.29) is 30.6 Å². The number of nitrogens with zero attached hydrogens (tertiary/aromatic N) is 5. The molecule has 15 heteroatoms. The predicted molar refractivity (Wildman–Crippen MR) is 141 cm³/mol. The van der Waals surface area contributed by atoms with Crippen LogP contribution in [0.15, 0.2) is 53.2 Å². The molecule has 1 saturated heterocycles. The van der Waals surface area contributed by atoms with Crippen molar-refractivity contribution in [2.75, 3.05) is 19.6 Å². The van der Waals surface area contributed by atoms with Gasteiger partial charge < -0.3 is 19.6 Å². The van der Waals surface area contributed by atoms with E-state index in [9.17, 15) is 31.9 Å². The molecule has 1 aliphatic heterocycles. The van der Waals surface area contributed by atoms with Crippen molar-refractivity contribution in [1.82, 2.24) is 24.8 Å². The van der Waals surface area contributed by atoms with Gasteiger partial charge >= 0.3 is 12.1 Å². The van der Waals surface area contributed by atoms with Gasteiger partial charge in [0.25, 0.3) is 5.89 Å². The van der Waals surface area contributed by atoms with Gasteiger partial charge in [-0.1, -0.05) is 29.4 Å². The third-order valence-corrected chi connectivity index (χ3v) is 6.88. The van der Waals surface area contributed by atoms with E-state index in [1.165, 1.54) is 0 Å². The quantitative estimate of drug-likeness (QED) is 0.249. The van der Waals surface area contributed by atoms with Crippen LogP contribution in [-0.2, 0) is 11.0 Å². The predicted octanol–water partition coefficient (Wildman–Crippen LogP) is 5.53. The van der Waals surface area contributed by atoms with E-state index < -0.39 is 52.7 Å². The van der Waals surface area contributed by atoms with Crippen LogP contribution in [-0.4, -0.2) is 60.6 Å². The van der Waals surface area contributed by atoms with E-state index in [2.05, 4.69) is 15.2 Å². The Labute approximate surface area is 242 Å². The third-order valence-electron chi connectivity index (χ3n) is 6.88. The van der Waals surface area contributed by atoms with Crippen molar-refractivity contribution in [3.63, 3.8) is 0 Å². The normalized spacial score (nSPS) is 16.7. The number of alkyl halides is 3. The summed E-state index contributed by atoms with van der Waals surface area (Å²) >= 11 is 0. The molecule has 5 rings (SSSR count). The number of β-amino-alcohol motifs (C(OH)–C–C–N with tert-alkyl or cyclic N) is 1. The number of carbonyl (C=O) groups is 1. The van der Waals surface area contributed by atoms with Gasteiger partial charge in [0, 0.05) is 31.1 Å². The van der Waals surface area contributed by atoms with Crippen molar-refractivity contribution in [2.24, 2.45) is 5.92 Å². The van der Waals surface area contributed by atoms with Gasteiger partial charge in [-0.25, -0.2) is 13.5 Å². The van der Waals surface area contributed by atoms with Gasteiger partial charge in [0.15, 0.2) is 11.5 Å². The van der Waals surface area contributed by atoms with E-state index >= 15 is 0 Å². The number of hydrogen-bond acceptors (Lipinski definition) is 7. The first-order chi connectivity index (χ1) is 19.5. The molecular formula is C27H25ClF5N5O4. The minimum Gasteiger partial charge on any atom is -0.481 e. The molecule has 224 valence electrons. The van der Waals surface area contributed by atoms with Crippen LogP contribution in [0.5, 0.6) is 0 Å². The fraction of sp³-hybridized carbons (Fsp3) is 0.333. The fourth-order valence-electron chi connectivity index (χ4n) is 5.00. The first kappa shape index (κ1) is 31.1. The molecule has 2 atom stereocenters. The molecule has 2 N–H and O–H groups in total. The highest BCUT2D eigenvalue weighted by Crippen LogP contribution is 2.39. The van der Waals surface area contributed by atoms with E-state index in [0.29, 0.717) is 35.0 Å². The second-order valence-electron chi connectivity index (χ2n) is 9.84. The smallest absolute Gasteiger partial charge is 0.434 e. The Morgan fingerprint density at radius 3 is 2.55 bits per heavy atom. The lowest BCUT2D eigenvalue weighted by atomic mass is 9.94. The molecule has 3 heterocycles. The zero-order valence-corrected chi connectivity index (χ0v) is 22.6. The second kappa shape index (κ2) is 12.5. The van der Waals surface area contributed by atoms with Crippen LogP contribution in [0.3, 0.4) is 0 Å². The van der Waals surface area contributed by atoms with Gasteiger partial charge in [0.1, 0.15) is 11.5 Å². The number of aromatic nitrogens is 4.